The van der Waals surface area contributed by atoms with Gasteiger partial charge in [0.1, 0.15) is 0 Å². The van der Waals surface area contributed by atoms with Gasteiger partial charge in [-0.3, -0.25) is 9.11 Å². The monoisotopic (exact) mass is 391 g/mol. The van der Waals surface area contributed by atoms with Gasteiger partial charge in [0, 0.05) is 28.6 Å². The summed E-state index contributed by atoms with van der Waals surface area (Å²) in [5.41, 5.74) is 0. The van der Waals surface area contributed by atoms with Gasteiger partial charge in [0.05, 0.1) is 11.5 Å². The first-order chi connectivity index (χ1) is 7.21. The minimum absolute atomic E-state index is 0. The second kappa shape index (κ2) is 11.8. The van der Waals surface area contributed by atoms with E-state index in [1.807, 2.05) is 0 Å². The second-order valence-electron chi connectivity index (χ2n) is 2.92. The van der Waals surface area contributed by atoms with Crippen molar-refractivity contribution in [2.24, 2.45) is 0 Å². The number of hydrogen-bond donors (Lipinski definition) is 2. The van der Waals surface area contributed by atoms with E-state index in [1.54, 1.807) is 0 Å². The van der Waals surface area contributed by atoms with Crippen molar-refractivity contribution in [1.29, 1.82) is 0 Å². The summed E-state index contributed by atoms with van der Waals surface area (Å²) in [4.78, 5) is 0. The zero-order valence-electron chi connectivity index (χ0n) is 9.20. The fourth-order valence-corrected chi connectivity index (χ4v) is 4.28. The van der Waals surface area contributed by atoms with Gasteiger partial charge in [0.25, 0.3) is 20.2 Å². The molecule has 0 rings (SSSR count). The van der Waals surface area contributed by atoms with E-state index in [4.69, 9.17) is 9.11 Å². The largest absolute Gasteiger partial charge is 0.412 e. The van der Waals surface area contributed by atoms with E-state index in [1.165, 1.54) is 21.6 Å². The SMILES string of the molecule is O.O=S(=O)(O)CCCSSCCCS(=O)(=O)O.[Cu]. The van der Waals surface area contributed by atoms with Gasteiger partial charge in [-0.1, -0.05) is 21.6 Å². The number of rotatable bonds is 9. The van der Waals surface area contributed by atoms with Crippen molar-refractivity contribution in [3.05, 3.63) is 0 Å². The molecule has 12 heteroatoms. The molecule has 0 aromatic carbocycles. The Labute approximate surface area is 126 Å². The Bertz CT molecular complexity index is 341. The predicted molar refractivity (Wildman–Crippen MR) is 70.6 cm³/mol. The van der Waals surface area contributed by atoms with E-state index in [9.17, 15) is 16.8 Å². The molecule has 0 spiro atoms. The summed E-state index contributed by atoms with van der Waals surface area (Å²) in [6, 6.07) is 0. The van der Waals surface area contributed by atoms with Crippen molar-refractivity contribution in [2.75, 3.05) is 23.0 Å². The van der Waals surface area contributed by atoms with Gasteiger partial charge in [0.2, 0.25) is 0 Å². The van der Waals surface area contributed by atoms with Crippen molar-refractivity contribution >= 4 is 41.8 Å². The Hall–Kier alpha value is 0.999. The van der Waals surface area contributed by atoms with Crippen LogP contribution in [0.1, 0.15) is 12.8 Å². The third-order valence-electron chi connectivity index (χ3n) is 1.34. The molecule has 0 aromatic heterocycles. The van der Waals surface area contributed by atoms with E-state index in [0.29, 0.717) is 24.3 Å². The fourth-order valence-electron chi connectivity index (χ4n) is 0.718. The Morgan fingerprint density at radius 2 is 1.06 bits per heavy atom. The molecule has 0 atom stereocenters. The topological polar surface area (TPSA) is 140 Å². The molecule has 0 saturated carbocycles. The molecule has 18 heavy (non-hydrogen) atoms. The Morgan fingerprint density at radius 3 is 1.28 bits per heavy atom. The first kappa shape index (κ1) is 24.0. The molecule has 0 bridgehead atoms. The van der Waals surface area contributed by atoms with Gasteiger partial charge < -0.3 is 5.48 Å². The maximum absolute atomic E-state index is 10.3. The van der Waals surface area contributed by atoms with Crippen molar-refractivity contribution in [2.45, 2.75) is 12.8 Å². The normalized spacial score (nSPS) is 11.4. The minimum atomic E-state index is -3.88. The molecule has 0 aromatic rings. The molecule has 4 N–H and O–H groups in total. The molecule has 0 aliphatic heterocycles. The molecule has 0 aliphatic rings. The first-order valence-corrected chi connectivity index (χ1v) is 10.1. The van der Waals surface area contributed by atoms with Gasteiger partial charge in [-0.2, -0.15) is 16.8 Å². The van der Waals surface area contributed by atoms with Crippen LogP contribution in [0, 0.1) is 0 Å². The molecular formula is C6H16CuO7S4. The van der Waals surface area contributed by atoms with E-state index in [2.05, 4.69) is 0 Å². The summed E-state index contributed by atoms with van der Waals surface area (Å²) in [5.74, 6) is 0.615. The van der Waals surface area contributed by atoms with Crippen LogP contribution in [0.2, 0.25) is 0 Å². The average Bonchev–Trinajstić information content (AvgIpc) is 2.06. The van der Waals surface area contributed by atoms with Crippen molar-refractivity contribution in [3.8, 4) is 0 Å². The van der Waals surface area contributed by atoms with E-state index in [0.717, 1.165) is 0 Å². The molecule has 7 nitrogen and oxygen atoms in total. The molecule has 0 aliphatic carbocycles. The first-order valence-electron chi connectivity index (χ1n) is 4.35. The Balaban J connectivity index is -0.00000112. The Kier molecular flexibility index (Phi) is 15.8. The predicted octanol–water partition coefficient (Wildman–Crippen LogP) is 0.0964. The quantitative estimate of drug-likeness (QED) is 0.244. The van der Waals surface area contributed by atoms with Crippen LogP contribution in [-0.4, -0.2) is 54.4 Å². The molecule has 117 valence electrons. The Morgan fingerprint density at radius 1 is 0.778 bits per heavy atom. The van der Waals surface area contributed by atoms with E-state index >= 15 is 0 Å². The van der Waals surface area contributed by atoms with Crippen LogP contribution >= 0.6 is 21.6 Å². The summed E-state index contributed by atoms with van der Waals surface area (Å²) in [7, 11) is -4.93. The number of hydrogen-bond acceptors (Lipinski definition) is 6. The average molecular weight is 392 g/mol. The van der Waals surface area contributed by atoms with Crippen LogP contribution in [0.3, 0.4) is 0 Å². The smallest absolute Gasteiger partial charge is 0.264 e. The zero-order valence-corrected chi connectivity index (χ0v) is 13.4. The standard InChI is InChI=1S/C6H14O6S4.Cu.H2O/c7-15(8,9)5-1-3-13-14-4-2-6-16(10,11)12;;/h1-6H2,(H,7,8,9)(H,10,11,12);;1H2. The molecule has 0 amide bonds. The molecule has 0 saturated heterocycles. The maximum atomic E-state index is 10.3. The summed E-state index contributed by atoms with van der Waals surface area (Å²) in [6.45, 7) is 0. The minimum Gasteiger partial charge on any atom is -0.412 e. The van der Waals surface area contributed by atoms with Crippen LogP contribution in [0.25, 0.3) is 0 Å². The van der Waals surface area contributed by atoms with Crippen LogP contribution in [0.4, 0.5) is 0 Å². The van der Waals surface area contributed by atoms with E-state index in [-0.39, 0.29) is 34.1 Å². The van der Waals surface area contributed by atoms with Gasteiger partial charge in [0.15, 0.2) is 0 Å². The summed E-state index contributed by atoms with van der Waals surface area (Å²) < 4.78 is 58.1. The van der Waals surface area contributed by atoms with Crippen molar-refractivity contribution < 1.29 is 48.5 Å². The maximum Gasteiger partial charge on any atom is 0.264 e. The van der Waals surface area contributed by atoms with Crippen LogP contribution in [0.5, 0.6) is 0 Å². The third-order valence-corrected chi connectivity index (χ3v) is 5.53. The van der Waals surface area contributed by atoms with Gasteiger partial charge in [-0.15, -0.1) is 0 Å². The van der Waals surface area contributed by atoms with Crippen LogP contribution in [0.15, 0.2) is 0 Å². The third kappa shape index (κ3) is 22.2. The molecular weight excluding hydrogens is 376 g/mol. The van der Waals surface area contributed by atoms with E-state index < -0.39 is 20.2 Å². The second-order valence-corrected chi connectivity index (χ2v) is 8.77. The molecule has 0 unspecified atom stereocenters. The fraction of sp³-hybridized carbons (Fsp3) is 1.00. The molecule has 0 fully saturated rings. The van der Waals surface area contributed by atoms with Crippen molar-refractivity contribution in [1.82, 2.24) is 0 Å². The summed E-state index contributed by atoms with van der Waals surface area (Å²) >= 11 is 0. The van der Waals surface area contributed by atoms with Crippen LogP contribution in [-0.2, 0) is 37.3 Å². The van der Waals surface area contributed by atoms with Crippen LogP contribution < -0.4 is 0 Å². The van der Waals surface area contributed by atoms with Gasteiger partial charge in [-0.25, -0.2) is 0 Å². The molecule has 0 heterocycles. The molecule has 1 radical (unpaired) electrons. The van der Waals surface area contributed by atoms with Gasteiger partial charge in [-0.05, 0) is 12.8 Å². The van der Waals surface area contributed by atoms with Crippen molar-refractivity contribution in [3.63, 3.8) is 0 Å². The summed E-state index contributed by atoms with van der Waals surface area (Å²) in [6.07, 6.45) is 0.712. The summed E-state index contributed by atoms with van der Waals surface area (Å²) in [5, 5.41) is 0. The zero-order chi connectivity index (χ0) is 12.7. The van der Waals surface area contributed by atoms with Gasteiger partial charge >= 0.3 is 0 Å².